The summed E-state index contributed by atoms with van der Waals surface area (Å²) >= 11 is 0. The molecule has 15 heavy (non-hydrogen) atoms. The fraction of sp³-hybridized carbons (Fsp3) is 0.167. The third-order valence-corrected chi connectivity index (χ3v) is 2.52. The van der Waals surface area contributed by atoms with Gasteiger partial charge in [0.25, 0.3) is 0 Å². The molecule has 1 aromatic carbocycles. The largest absolute Gasteiger partial charge is 0.398 e. The minimum Gasteiger partial charge on any atom is -0.398 e. The van der Waals surface area contributed by atoms with E-state index in [-0.39, 0.29) is 0 Å². The van der Waals surface area contributed by atoms with Gasteiger partial charge >= 0.3 is 0 Å². The second kappa shape index (κ2) is 3.58. The molecule has 2 aromatic rings. The average Bonchev–Trinajstić information content (AvgIpc) is 2.21. The lowest BCUT2D eigenvalue weighted by Crippen LogP contribution is -2.35. The van der Waals surface area contributed by atoms with Crippen molar-refractivity contribution < 1.29 is 4.57 Å². The second-order valence-corrected chi connectivity index (χ2v) is 3.55. The number of nitrogens with zero attached hydrogens (tertiary/aromatic N) is 2. The number of nitrogen functional groups attached to an aromatic ring is 1. The predicted molar refractivity (Wildman–Crippen MR) is 58.9 cm³/mol. The van der Waals surface area contributed by atoms with E-state index in [9.17, 15) is 0 Å². The average molecular weight is 198 g/mol. The van der Waals surface area contributed by atoms with Crippen molar-refractivity contribution in [1.82, 2.24) is 0 Å². The van der Waals surface area contributed by atoms with Crippen LogP contribution in [-0.4, -0.2) is 0 Å². The lowest BCUT2D eigenvalue weighted by Gasteiger charge is -2.02. The Hall–Kier alpha value is -2.08. The molecule has 0 amide bonds. The minimum atomic E-state index is 0.372. The number of hydrogen-bond donors (Lipinski definition) is 1. The molecule has 2 N–H and O–H groups in total. The van der Waals surface area contributed by atoms with Crippen molar-refractivity contribution in [3.8, 4) is 6.07 Å². The first-order chi connectivity index (χ1) is 7.22. The summed E-state index contributed by atoms with van der Waals surface area (Å²) in [7, 11) is 0. The Morgan fingerprint density at radius 2 is 2.27 bits per heavy atom. The van der Waals surface area contributed by atoms with Gasteiger partial charge in [-0.3, -0.25) is 0 Å². The highest BCUT2D eigenvalue weighted by Gasteiger charge is 2.08. The monoisotopic (exact) mass is 198 g/mol. The highest BCUT2D eigenvalue weighted by molar-refractivity contribution is 5.91. The molecule has 1 aromatic heterocycles. The summed E-state index contributed by atoms with van der Waals surface area (Å²) in [6.45, 7) is 2.35. The molecule has 3 nitrogen and oxygen atoms in total. The van der Waals surface area contributed by atoms with Crippen LogP contribution in [0.1, 0.15) is 5.69 Å². The fourth-order valence-electron chi connectivity index (χ4n) is 1.69. The van der Waals surface area contributed by atoms with E-state index in [4.69, 9.17) is 11.0 Å². The van der Waals surface area contributed by atoms with Crippen LogP contribution in [0.3, 0.4) is 0 Å². The molecule has 0 unspecified atom stereocenters. The van der Waals surface area contributed by atoms with E-state index in [0.717, 1.165) is 22.2 Å². The van der Waals surface area contributed by atoms with Crippen molar-refractivity contribution in [3.63, 3.8) is 0 Å². The highest BCUT2D eigenvalue weighted by Crippen LogP contribution is 2.19. The maximum atomic E-state index is 8.68. The van der Waals surface area contributed by atoms with Gasteiger partial charge in [-0.05, 0) is 12.1 Å². The van der Waals surface area contributed by atoms with Crippen LogP contribution in [-0.2, 0) is 6.54 Å². The molecule has 1 heterocycles. The van der Waals surface area contributed by atoms with E-state index in [1.807, 2.05) is 42.0 Å². The summed E-state index contributed by atoms with van der Waals surface area (Å²) in [5.41, 5.74) is 7.70. The number of aryl methyl sites for hydroxylation is 1. The van der Waals surface area contributed by atoms with Gasteiger partial charge in [0.15, 0.2) is 11.9 Å². The number of nitriles is 1. The predicted octanol–water partition coefficient (Wildman–Crippen LogP) is 1.54. The lowest BCUT2D eigenvalue weighted by molar-refractivity contribution is -0.689. The van der Waals surface area contributed by atoms with Gasteiger partial charge in [0.2, 0.25) is 6.54 Å². The molecule has 0 bridgehead atoms. The van der Waals surface area contributed by atoms with Crippen LogP contribution >= 0.6 is 0 Å². The Bertz CT molecular complexity index is 553. The quantitative estimate of drug-likeness (QED) is 0.558. The Morgan fingerprint density at radius 3 is 3.00 bits per heavy atom. The van der Waals surface area contributed by atoms with Gasteiger partial charge in [-0.1, -0.05) is 6.07 Å². The van der Waals surface area contributed by atoms with Crippen molar-refractivity contribution in [2.24, 2.45) is 0 Å². The molecule has 0 spiro atoms. The number of fused-ring (bicyclic) bond motifs is 1. The number of hydrogen-bond acceptors (Lipinski definition) is 2. The molecule has 2 rings (SSSR count). The van der Waals surface area contributed by atoms with E-state index < -0.39 is 0 Å². The first kappa shape index (κ1) is 9.47. The smallest absolute Gasteiger partial charge is 0.234 e. The van der Waals surface area contributed by atoms with Crippen LogP contribution in [0, 0.1) is 18.3 Å². The number of rotatable bonds is 1. The van der Waals surface area contributed by atoms with Crippen LogP contribution in [0.5, 0.6) is 0 Å². The maximum absolute atomic E-state index is 8.68. The van der Waals surface area contributed by atoms with Gasteiger partial charge in [-0.15, -0.1) is 0 Å². The molecule has 74 valence electrons. The zero-order valence-electron chi connectivity index (χ0n) is 8.57. The van der Waals surface area contributed by atoms with Crippen LogP contribution in [0.2, 0.25) is 0 Å². The summed E-state index contributed by atoms with van der Waals surface area (Å²) < 4.78 is 1.92. The zero-order valence-corrected chi connectivity index (χ0v) is 8.57. The lowest BCUT2D eigenvalue weighted by atomic mass is 10.1. The Labute approximate surface area is 88.4 Å². The van der Waals surface area contributed by atoms with Gasteiger partial charge in [0.1, 0.15) is 6.07 Å². The first-order valence-electron chi connectivity index (χ1n) is 4.77. The Morgan fingerprint density at radius 1 is 1.47 bits per heavy atom. The Kier molecular flexibility index (Phi) is 2.26. The molecule has 3 heteroatoms. The molecule has 0 radical (unpaired) electrons. The summed E-state index contributed by atoms with van der Waals surface area (Å²) in [6.07, 6.45) is 1.96. The normalized spacial score (nSPS) is 10.1. The number of benzene rings is 1. The van der Waals surface area contributed by atoms with Crippen LogP contribution in [0.25, 0.3) is 10.8 Å². The van der Waals surface area contributed by atoms with Gasteiger partial charge in [0, 0.05) is 29.4 Å². The van der Waals surface area contributed by atoms with Gasteiger partial charge in [0.05, 0.1) is 0 Å². The van der Waals surface area contributed by atoms with E-state index in [2.05, 4.69) is 6.07 Å². The third-order valence-electron chi connectivity index (χ3n) is 2.52. The van der Waals surface area contributed by atoms with Crippen molar-refractivity contribution in [2.75, 3.05) is 5.73 Å². The van der Waals surface area contributed by atoms with Crippen molar-refractivity contribution >= 4 is 16.5 Å². The van der Waals surface area contributed by atoms with Crippen LogP contribution < -0.4 is 10.3 Å². The summed E-state index contributed by atoms with van der Waals surface area (Å²) in [5, 5.41) is 10.8. The van der Waals surface area contributed by atoms with Crippen molar-refractivity contribution in [3.05, 3.63) is 36.2 Å². The molecule has 0 aliphatic carbocycles. The number of aromatic nitrogens is 1. The van der Waals surface area contributed by atoms with Crippen molar-refractivity contribution in [2.45, 2.75) is 13.5 Å². The van der Waals surface area contributed by atoms with Gasteiger partial charge in [-0.25, -0.2) is 0 Å². The summed E-state index contributed by atoms with van der Waals surface area (Å²) in [6, 6.07) is 9.96. The molecular formula is C12H12N3+. The zero-order chi connectivity index (χ0) is 10.8. The molecule has 0 saturated heterocycles. The summed E-state index contributed by atoms with van der Waals surface area (Å²) in [5.74, 6) is 0. The number of pyridine rings is 1. The van der Waals surface area contributed by atoms with E-state index in [1.54, 1.807) is 0 Å². The molecule has 0 aliphatic heterocycles. The minimum absolute atomic E-state index is 0.372. The molecular weight excluding hydrogens is 186 g/mol. The topological polar surface area (TPSA) is 53.7 Å². The van der Waals surface area contributed by atoms with E-state index in [0.29, 0.717) is 6.54 Å². The number of nitrogens with two attached hydrogens (primary N) is 1. The van der Waals surface area contributed by atoms with Crippen molar-refractivity contribution in [1.29, 1.82) is 5.26 Å². The van der Waals surface area contributed by atoms with Crippen LogP contribution in [0.15, 0.2) is 30.5 Å². The standard InChI is InChI=1S/C12H12N3/c1-9-7-11-10(3-2-4-12(11)14)8-15(9)6-5-13/h2-4,7-8H,6,14H2,1H3/q+1. The van der Waals surface area contributed by atoms with Gasteiger partial charge in [-0.2, -0.15) is 9.83 Å². The fourth-order valence-corrected chi connectivity index (χ4v) is 1.69. The SMILES string of the molecule is Cc1cc2c(N)cccc2c[n+]1CC#N. The molecule has 0 atom stereocenters. The molecule has 0 saturated carbocycles. The van der Waals surface area contributed by atoms with Crippen LogP contribution in [0.4, 0.5) is 5.69 Å². The molecule has 0 aliphatic rings. The van der Waals surface area contributed by atoms with Gasteiger partial charge < -0.3 is 5.73 Å². The maximum Gasteiger partial charge on any atom is 0.234 e. The highest BCUT2D eigenvalue weighted by atomic mass is 14.9. The number of anilines is 1. The second-order valence-electron chi connectivity index (χ2n) is 3.55. The van der Waals surface area contributed by atoms with E-state index >= 15 is 0 Å². The molecule has 0 fully saturated rings. The third kappa shape index (κ3) is 1.62. The first-order valence-corrected chi connectivity index (χ1v) is 4.77. The Balaban J connectivity index is 2.72. The van der Waals surface area contributed by atoms with E-state index in [1.165, 1.54) is 0 Å². The summed E-state index contributed by atoms with van der Waals surface area (Å²) in [4.78, 5) is 0.